The molecule has 0 radical (unpaired) electrons. The minimum absolute atomic E-state index is 0.00752. The highest BCUT2D eigenvalue weighted by molar-refractivity contribution is 5.81. The summed E-state index contributed by atoms with van der Waals surface area (Å²) in [5.41, 5.74) is 5.63. The van der Waals surface area contributed by atoms with Crippen molar-refractivity contribution in [2.24, 2.45) is 12.5 Å². The van der Waals surface area contributed by atoms with Gasteiger partial charge in [0.1, 0.15) is 5.52 Å². The fourth-order valence-corrected chi connectivity index (χ4v) is 3.08. The number of aryl methyl sites for hydroxylation is 1. The van der Waals surface area contributed by atoms with Crippen LogP contribution in [0.15, 0.2) is 52.9 Å². The number of allylic oxidation sites excluding steroid dienone is 3. The van der Waals surface area contributed by atoms with E-state index in [-0.39, 0.29) is 16.4 Å². The molecule has 152 valence electrons. The van der Waals surface area contributed by atoms with E-state index in [1.807, 2.05) is 13.2 Å². The Balaban J connectivity index is 0.000000203. The van der Waals surface area contributed by atoms with Crippen LogP contribution in [0, 0.1) is 5.41 Å². The number of aromatic amines is 1. The molecular weight excluding hydrogens is 348 g/mol. The second-order valence-corrected chi connectivity index (χ2v) is 9.59. The average Bonchev–Trinajstić information content (AvgIpc) is 3.04. The van der Waals surface area contributed by atoms with Gasteiger partial charge in [0.05, 0.1) is 6.20 Å². The minimum Gasteiger partial charge on any atom is -0.351 e. The van der Waals surface area contributed by atoms with E-state index in [2.05, 4.69) is 82.4 Å². The van der Waals surface area contributed by atoms with E-state index in [1.54, 1.807) is 17.8 Å². The first-order valence-electron chi connectivity index (χ1n) is 9.59. The highest BCUT2D eigenvalue weighted by atomic mass is 16.1. The van der Waals surface area contributed by atoms with E-state index in [1.165, 1.54) is 11.1 Å². The molecule has 0 fully saturated rings. The van der Waals surface area contributed by atoms with Crippen molar-refractivity contribution in [2.45, 2.75) is 53.9 Å². The van der Waals surface area contributed by atoms with Gasteiger partial charge in [0.2, 0.25) is 0 Å². The Hall–Kier alpha value is -2.56. The van der Waals surface area contributed by atoms with E-state index in [9.17, 15) is 4.79 Å². The van der Waals surface area contributed by atoms with Crippen molar-refractivity contribution < 1.29 is 0 Å². The Morgan fingerprint density at radius 2 is 1.68 bits per heavy atom. The van der Waals surface area contributed by atoms with Crippen LogP contribution in [0.5, 0.6) is 0 Å². The predicted octanol–water partition coefficient (Wildman–Crippen LogP) is 4.88. The van der Waals surface area contributed by atoms with Gasteiger partial charge in [-0.05, 0) is 34.5 Å². The third kappa shape index (κ3) is 4.46. The van der Waals surface area contributed by atoms with Crippen LogP contribution in [0.25, 0.3) is 10.9 Å². The van der Waals surface area contributed by atoms with Crippen LogP contribution in [-0.2, 0) is 12.5 Å². The lowest BCUT2D eigenvalue weighted by atomic mass is 9.84. The van der Waals surface area contributed by atoms with E-state index < -0.39 is 0 Å². The number of likely N-dealkylation sites (N-methyl/N-ethyl adjacent to an activating group) is 1. The zero-order valence-electron chi connectivity index (χ0n) is 18.8. The Morgan fingerprint density at radius 1 is 1.07 bits per heavy atom. The summed E-state index contributed by atoms with van der Waals surface area (Å²) in [5, 5.41) is 7.62. The zero-order valence-corrected chi connectivity index (χ0v) is 18.8. The Labute approximate surface area is 168 Å². The molecule has 0 unspecified atom stereocenters. The van der Waals surface area contributed by atoms with Gasteiger partial charge in [0.15, 0.2) is 0 Å². The molecule has 0 aliphatic carbocycles. The molecule has 2 aromatic heterocycles. The molecule has 0 bridgehead atoms. The van der Waals surface area contributed by atoms with Gasteiger partial charge >= 0.3 is 0 Å². The third-order valence-electron chi connectivity index (χ3n) is 5.05. The van der Waals surface area contributed by atoms with Crippen LogP contribution >= 0.6 is 0 Å². The van der Waals surface area contributed by atoms with Crippen molar-refractivity contribution in [1.29, 1.82) is 0 Å². The van der Waals surface area contributed by atoms with Crippen molar-refractivity contribution in [3.05, 3.63) is 64.0 Å². The summed E-state index contributed by atoms with van der Waals surface area (Å²) in [7, 11) is 3.81. The first-order chi connectivity index (χ1) is 12.7. The van der Waals surface area contributed by atoms with Crippen LogP contribution < -0.4 is 5.56 Å². The van der Waals surface area contributed by atoms with E-state index in [0.717, 1.165) is 16.6 Å². The topological polar surface area (TPSA) is 53.9 Å². The van der Waals surface area contributed by atoms with Crippen LogP contribution in [-0.4, -0.2) is 26.7 Å². The number of nitrogens with zero attached hydrogens (tertiary/aromatic N) is 3. The van der Waals surface area contributed by atoms with Gasteiger partial charge in [-0.3, -0.25) is 9.89 Å². The molecule has 3 heterocycles. The number of hydrogen-bond donors (Lipinski definition) is 1. The van der Waals surface area contributed by atoms with Crippen molar-refractivity contribution in [3.8, 4) is 0 Å². The summed E-state index contributed by atoms with van der Waals surface area (Å²) in [6.07, 6.45) is 8.00. The molecule has 5 nitrogen and oxygen atoms in total. The highest BCUT2D eigenvalue weighted by Gasteiger charge is 2.21. The fourth-order valence-electron chi connectivity index (χ4n) is 3.08. The Morgan fingerprint density at radius 3 is 2.18 bits per heavy atom. The standard InChI is InChI=1S/C12H19N.C11H15N3O/c1-9-7-11(12(3,4)5)8-13(6)10(9)2;1-11(2,3)8-6-14(4)10(15)9-7(8)5-12-13-9/h7-8H,2H2,1,3-6H3;5-6H,1-4H3,(H,12,13). The molecule has 0 aromatic carbocycles. The molecule has 0 atom stereocenters. The summed E-state index contributed by atoms with van der Waals surface area (Å²) in [6.45, 7) is 19.2. The summed E-state index contributed by atoms with van der Waals surface area (Å²) in [5.74, 6) is 0. The lowest BCUT2D eigenvalue weighted by Gasteiger charge is -2.30. The molecule has 3 rings (SSSR count). The van der Waals surface area contributed by atoms with Gasteiger partial charge in [-0.25, -0.2) is 0 Å². The van der Waals surface area contributed by atoms with Gasteiger partial charge in [-0.2, -0.15) is 5.10 Å². The van der Waals surface area contributed by atoms with Gasteiger partial charge < -0.3 is 9.47 Å². The molecule has 0 saturated carbocycles. The second-order valence-electron chi connectivity index (χ2n) is 9.59. The summed E-state index contributed by atoms with van der Waals surface area (Å²) in [4.78, 5) is 13.9. The van der Waals surface area contributed by atoms with E-state index in [0.29, 0.717) is 5.52 Å². The van der Waals surface area contributed by atoms with Gasteiger partial charge in [-0.15, -0.1) is 0 Å². The van der Waals surface area contributed by atoms with Crippen molar-refractivity contribution in [1.82, 2.24) is 19.7 Å². The van der Waals surface area contributed by atoms with Crippen molar-refractivity contribution in [3.63, 3.8) is 0 Å². The average molecular weight is 383 g/mol. The largest absolute Gasteiger partial charge is 0.351 e. The molecule has 2 aromatic rings. The minimum atomic E-state index is -0.0319. The number of nitrogens with one attached hydrogen (secondary N) is 1. The lowest BCUT2D eigenvalue weighted by molar-refractivity contribution is 0.479. The number of rotatable bonds is 0. The maximum absolute atomic E-state index is 11.8. The Kier molecular flexibility index (Phi) is 5.79. The first kappa shape index (κ1) is 21.7. The smallest absolute Gasteiger partial charge is 0.276 e. The molecule has 5 heteroatoms. The molecule has 1 aliphatic heterocycles. The molecule has 0 saturated heterocycles. The number of H-pyrrole nitrogens is 1. The number of aromatic nitrogens is 3. The molecular formula is C23H34N4O. The molecule has 1 N–H and O–H groups in total. The first-order valence-corrected chi connectivity index (χ1v) is 9.59. The predicted molar refractivity (Wildman–Crippen MR) is 118 cm³/mol. The van der Waals surface area contributed by atoms with Gasteiger partial charge in [0.25, 0.3) is 5.56 Å². The normalized spacial score (nSPS) is 15.2. The Bertz CT molecular complexity index is 1000. The molecule has 1 aliphatic rings. The quantitative estimate of drug-likeness (QED) is 0.706. The number of pyridine rings is 1. The van der Waals surface area contributed by atoms with Crippen LogP contribution in [0.2, 0.25) is 0 Å². The maximum atomic E-state index is 11.8. The lowest BCUT2D eigenvalue weighted by Crippen LogP contribution is -2.21. The summed E-state index contributed by atoms with van der Waals surface area (Å²) < 4.78 is 1.60. The summed E-state index contributed by atoms with van der Waals surface area (Å²) in [6, 6.07) is 0. The zero-order chi connectivity index (χ0) is 21.4. The molecule has 0 amide bonds. The van der Waals surface area contributed by atoms with Gasteiger partial charge in [0, 0.05) is 37.6 Å². The van der Waals surface area contributed by atoms with E-state index >= 15 is 0 Å². The van der Waals surface area contributed by atoms with Crippen LogP contribution in [0.4, 0.5) is 0 Å². The summed E-state index contributed by atoms with van der Waals surface area (Å²) >= 11 is 0. The van der Waals surface area contributed by atoms with Crippen LogP contribution in [0.1, 0.15) is 54.0 Å². The fraction of sp³-hybridized carbons (Fsp3) is 0.478. The van der Waals surface area contributed by atoms with Gasteiger partial charge in [-0.1, -0.05) is 54.2 Å². The highest BCUT2D eigenvalue weighted by Crippen LogP contribution is 2.32. The third-order valence-corrected chi connectivity index (χ3v) is 5.05. The van der Waals surface area contributed by atoms with Crippen LogP contribution in [0.3, 0.4) is 0 Å². The van der Waals surface area contributed by atoms with Crippen molar-refractivity contribution in [2.75, 3.05) is 7.05 Å². The number of fused-ring (bicyclic) bond motifs is 1. The SMILES string of the molecule is C=C1C(C)=CC(C(C)(C)C)=CN1C.Cn1cc(C(C)(C)C)c2cn[nH]c2c1=O. The molecule has 28 heavy (non-hydrogen) atoms. The van der Waals surface area contributed by atoms with E-state index in [4.69, 9.17) is 0 Å². The molecule has 0 spiro atoms. The maximum Gasteiger partial charge on any atom is 0.276 e. The van der Waals surface area contributed by atoms with Crippen molar-refractivity contribution >= 4 is 10.9 Å². The number of hydrogen-bond acceptors (Lipinski definition) is 3. The monoisotopic (exact) mass is 382 g/mol. The second kappa shape index (κ2) is 7.46.